The number of esters is 1. The highest BCUT2D eigenvalue weighted by Gasteiger charge is 2.37. The van der Waals surface area contributed by atoms with Crippen molar-refractivity contribution in [1.82, 2.24) is 8.61 Å². The predicted octanol–water partition coefficient (Wildman–Crippen LogP) is 1.63. The van der Waals surface area contributed by atoms with Crippen molar-refractivity contribution in [2.24, 2.45) is 5.41 Å². The second-order valence-electron chi connectivity index (χ2n) is 5.76. The van der Waals surface area contributed by atoms with E-state index in [1.807, 2.05) is 0 Å². The number of ether oxygens (including phenoxy) is 1. The molecule has 0 atom stereocenters. The molecule has 0 unspecified atom stereocenters. The van der Waals surface area contributed by atoms with Gasteiger partial charge in [-0.3, -0.25) is 4.79 Å². The molecule has 1 heterocycles. The van der Waals surface area contributed by atoms with E-state index in [1.165, 1.54) is 22.8 Å². The number of carbonyl (C=O) groups excluding carboxylic acids is 1. The molecule has 6 nitrogen and oxygen atoms in total. The van der Waals surface area contributed by atoms with Crippen LogP contribution >= 0.6 is 0 Å². The summed E-state index contributed by atoms with van der Waals surface area (Å²) < 4.78 is 32.3. The third-order valence-corrected chi connectivity index (χ3v) is 6.85. The molecule has 0 N–H and O–H groups in total. The van der Waals surface area contributed by atoms with Crippen LogP contribution in [0.5, 0.6) is 0 Å². The number of carbonyl (C=O) groups is 1. The maximum Gasteiger partial charge on any atom is 0.306 e. The number of hydrogen-bond acceptors (Lipinski definition) is 4. The molecule has 124 valence electrons. The molecule has 1 saturated heterocycles. The number of hydrogen-bond donors (Lipinski definition) is 0. The van der Waals surface area contributed by atoms with Crippen LogP contribution in [0.15, 0.2) is 0 Å². The molecule has 0 aromatic rings. The van der Waals surface area contributed by atoms with E-state index in [9.17, 15) is 13.2 Å². The fourth-order valence-electron chi connectivity index (χ4n) is 2.81. The standard InChI is InChI=1S/C14H28N2O4S/c1-5-14(6-2)8-11-16(12-9-14)21(18,19)15(3)10-7-13(17)20-4/h5-12H2,1-4H3. The molecule has 0 radical (unpaired) electrons. The third-order valence-electron chi connectivity index (χ3n) is 4.86. The summed E-state index contributed by atoms with van der Waals surface area (Å²) in [5, 5.41) is 0. The van der Waals surface area contributed by atoms with Crippen LogP contribution in [0.25, 0.3) is 0 Å². The molecule has 1 fully saturated rings. The molecule has 0 bridgehead atoms. The monoisotopic (exact) mass is 320 g/mol. The van der Waals surface area contributed by atoms with Gasteiger partial charge in [0, 0.05) is 26.7 Å². The zero-order valence-corrected chi connectivity index (χ0v) is 14.4. The van der Waals surface area contributed by atoms with E-state index < -0.39 is 16.2 Å². The van der Waals surface area contributed by atoms with Gasteiger partial charge in [-0.25, -0.2) is 0 Å². The van der Waals surface area contributed by atoms with Crippen molar-refractivity contribution in [1.29, 1.82) is 0 Å². The van der Waals surface area contributed by atoms with Crippen molar-refractivity contribution in [3.05, 3.63) is 0 Å². The first-order valence-corrected chi connectivity index (χ1v) is 8.99. The highest BCUT2D eigenvalue weighted by atomic mass is 32.2. The van der Waals surface area contributed by atoms with Gasteiger partial charge in [0.15, 0.2) is 0 Å². The quantitative estimate of drug-likeness (QED) is 0.669. The number of nitrogens with zero attached hydrogens (tertiary/aromatic N) is 2. The Bertz CT molecular complexity index is 436. The van der Waals surface area contributed by atoms with E-state index >= 15 is 0 Å². The van der Waals surface area contributed by atoms with Gasteiger partial charge >= 0.3 is 5.97 Å². The van der Waals surface area contributed by atoms with Crippen molar-refractivity contribution in [3.63, 3.8) is 0 Å². The van der Waals surface area contributed by atoms with Crippen LogP contribution in [0.1, 0.15) is 46.0 Å². The average Bonchev–Trinajstić information content (AvgIpc) is 2.51. The van der Waals surface area contributed by atoms with E-state index in [0.29, 0.717) is 13.1 Å². The van der Waals surface area contributed by atoms with Crippen LogP contribution in [0.3, 0.4) is 0 Å². The van der Waals surface area contributed by atoms with Crippen LogP contribution in [-0.4, -0.2) is 56.8 Å². The Labute approximate surface area is 128 Å². The van der Waals surface area contributed by atoms with Crippen LogP contribution in [-0.2, 0) is 19.7 Å². The van der Waals surface area contributed by atoms with Crippen molar-refractivity contribution < 1.29 is 17.9 Å². The first-order valence-electron chi connectivity index (χ1n) is 7.59. The molecule has 0 aromatic heterocycles. The van der Waals surface area contributed by atoms with Gasteiger partial charge in [-0.05, 0) is 18.3 Å². The smallest absolute Gasteiger partial charge is 0.306 e. The van der Waals surface area contributed by atoms with E-state index in [0.717, 1.165) is 25.7 Å². The maximum absolute atomic E-state index is 12.5. The van der Waals surface area contributed by atoms with Gasteiger partial charge in [-0.15, -0.1) is 0 Å². The van der Waals surface area contributed by atoms with E-state index in [2.05, 4.69) is 18.6 Å². The first-order chi connectivity index (χ1) is 9.81. The summed E-state index contributed by atoms with van der Waals surface area (Å²) in [6, 6.07) is 0. The van der Waals surface area contributed by atoms with Crippen molar-refractivity contribution >= 4 is 16.2 Å². The lowest BCUT2D eigenvalue weighted by Gasteiger charge is -2.41. The summed E-state index contributed by atoms with van der Waals surface area (Å²) in [7, 11) is -0.658. The molecule has 0 saturated carbocycles. The largest absolute Gasteiger partial charge is 0.469 e. The molecule has 0 amide bonds. The molecule has 0 aliphatic carbocycles. The summed E-state index contributed by atoms with van der Waals surface area (Å²) in [6.45, 7) is 5.63. The second-order valence-corrected chi connectivity index (χ2v) is 7.80. The molecule has 21 heavy (non-hydrogen) atoms. The average molecular weight is 320 g/mol. The maximum atomic E-state index is 12.5. The Kier molecular flexibility index (Phi) is 6.62. The third kappa shape index (κ3) is 4.40. The van der Waals surface area contributed by atoms with E-state index in [1.54, 1.807) is 0 Å². The molecule has 1 aliphatic heterocycles. The van der Waals surface area contributed by atoms with Gasteiger partial charge in [0.1, 0.15) is 0 Å². The molecule has 1 rings (SSSR count). The van der Waals surface area contributed by atoms with Gasteiger partial charge < -0.3 is 4.74 Å². The summed E-state index contributed by atoms with van der Waals surface area (Å²) in [5.74, 6) is -0.397. The Morgan fingerprint density at radius 3 is 2.19 bits per heavy atom. The topological polar surface area (TPSA) is 66.9 Å². The molecule has 1 aliphatic rings. The van der Waals surface area contributed by atoms with Gasteiger partial charge in [-0.1, -0.05) is 26.7 Å². The SMILES string of the molecule is CCC1(CC)CCN(S(=O)(=O)N(C)CCC(=O)OC)CC1. The van der Waals surface area contributed by atoms with Gasteiger partial charge in [0.25, 0.3) is 10.2 Å². The lowest BCUT2D eigenvalue weighted by atomic mass is 9.75. The van der Waals surface area contributed by atoms with E-state index in [4.69, 9.17) is 0 Å². The van der Waals surface area contributed by atoms with Gasteiger partial charge in [0.05, 0.1) is 13.5 Å². The lowest BCUT2D eigenvalue weighted by Crippen LogP contribution is -2.48. The Hall–Kier alpha value is -0.660. The summed E-state index contributed by atoms with van der Waals surface area (Å²) in [5.41, 5.74) is 0.288. The molecule has 0 aromatic carbocycles. The highest BCUT2D eigenvalue weighted by molar-refractivity contribution is 7.86. The first kappa shape index (κ1) is 18.4. The molecule has 7 heteroatoms. The zero-order valence-electron chi connectivity index (χ0n) is 13.6. The Balaban J connectivity index is 2.62. The Morgan fingerprint density at radius 2 is 1.76 bits per heavy atom. The van der Waals surface area contributed by atoms with Gasteiger partial charge in [0.2, 0.25) is 0 Å². The minimum Gasteiger partial charge on any atom is -0.469 e. The summed E-state index contributed by atoms with van der Waals surface area (Å²) in [6.07, 6.45) is 4.08. The molecular formula is C14H28N2O4S. The summed E-state index contributed by atoms with van der Waals surface area (Å²) >= 11 is 0. The molecular weight excluding hydrogens is 292 g/mol. The number of piperidine rings is 1. The van der Waals surface area contributed by atoms with Crippen molar-refractivity contribution in [2.45, 2.75) is 46.0 Å². The zero-order chi connectivity index (χ0) is 16.1. The fourth-order valence-corrected chi connectivity index (χ4v) is 4.17. The number of methoxy groups -OCH3 is 1. The van der Waals surface area contributed by atoms with Crippen LogP contribution in [0.4, 0.5) is 0 Å². The van der Waals surface area contributed by atoms with Crippen molar-refractivity contribution in [2.75, 3.05) is 33.8 Å². The number of rotatable bonds is 7. The lowest BCUT2D eigenvalue weighted by molar-refractivity contribution is -0.140. The minimum absolute atomic E-state index is 0.0773. The predicted molar refractivity (Wildman–Crippen MR) is 82.0 cm³/mol. The van der Waals surface area contributed by atoms with Crippen LogP contribution < -0.4 is 0 Å². The molecule has 0 spiro atoms. The summed E-state index contributed by atoms with van der Waals surface area (Å²) in [4.78, 5) is 11.1. The Morgan fingerprint density at radius 1 is 1.24 bits per heavy atom. The minimum atomic E-state index is -3.47. The second kappa shape index (κ2) is 7.56. The van der Waals surface area contributed by atoms with Crippen LogP contribution in [0, 0.1) is 5.41 Å². The highest BCUT2D eigenvalue weighted by Crippen LogP contribution is 2.38. The van der Waals surface area contributed by atoms with Crippen LogP contribution in [0.2, 0.25) is 0 Å². The fraction of sp³-hybridized carbons (Fsp3) is 0.929. The van der Waals surface area contributed by atoms with Gasteiger partial charge in [-0.2, -0.15) is 17.0 Å². The van der Waals surface area contributed by atoms with Crippen molar-refractivity contribution in [3.8, 4) is 0 Å². The van der Waals surface area contributed by atoms with E-state index in [-0.39, 0.29) is 18.4 Å². The normalized spacial score (nSPS) is 19.7.